The standard InChI is InChI=1S/C15H19Cl2NO/c16-12-5-2-10(8-13(12)17)15(6-1-7-15)14(19)9-18-11-3-4-11/h2,5,8,11,14,18-19H,1,3-4,6-7,9H2. The van der Waals surface area contributed by atoms with Crippen molar-refractivity contribution in [1.82, 2.24) is 5.32 Å². The summed E-state index contributed by atoms with van der Waals surface area (Å²) in [6, 6.07) is 6.39. The first kappa shape index (κ1) is 13.7. The first-order valence-electron chi connectivity index (χ1n) is 6.99. The Morgan fingerprint density at radius 2 is 2.00 bits per heavy atom. The molecule has 1 aromatic carbocycles. The van der Waals surface area contributed by atoms with E-state index in [2.05, 4.69) is 5.32 Å². The molecule has 2 saturated carbocycles. The average molecular weight is 300 g/mol. The zero-order valence-electron chi connectivity index (χ0n) is 10.8. The van der Waals surface area contributed by atoms with E-state index in [9.17, 15) is 5.11 Å². The molecule has 0 amide bonds. The number of hydrogen-bond acceptors (Lipinski definition) is 2. The predicted octanol–water partition coefficient (Wildman–Crippen LogP) is 3.53. The molecule has 1 unspecified atom stereocenters. The summed E-state index contributed by atoms with van der Waals surface area (Å²) in [5, 5.41) is 15.1. The number of hydrogen-bond donors (Lipinski definition) is 2. The molecule has 0 heterocycles. The lowest BCUT2D eigenvalue weighted by Crippen LogP contribution is -2.50. The lowest BCUT2D eigenvalue weighted by molar-refractivity contribution is 0.0284. The van der Waals surface area contributed by atoms with E-state index in [0.717, 1.165) is 18.4 Å². The van der Waals surface area contributed by atoms with Crippen LogP contribution < -0.4 is 5.32 Å². The molecule has 2 aliphatic carbocycles. The van der Waals surface area contributed by atoms with Gasteiger partial charge in [0.1, 0.15) is 0 Å². The molecular weight excluding hydrogens is 281 g/mol. The van der Waals surface area contributed by atoms with E-state index in [-0.39, 0.29) is 11.5 Å². The Bertz CT molecular complexity index is 469. The molecule has 0 spiro atoms. The maximum atomic E-state index is 10.6. The third-order valence-corrected chi connectivity index (χ3v) is 5.29. The van der Waals surface area contributed by atoms with Crippen LogP contribution in [-0.2, 0) is 5.41 Å². The lowest BCUT2D eigenvalue weighted by Gasteiger charge is -2.46. The molecule has 3 rings (SSSR count). The highest BCUT2D eigenvalue weighted by molar-refractivity contribution is 6.42. The summed E-state index contributed by atoms with van der Waals surface area (Å²) in [6.07, 6.45) is 5.36. The van der Waals surface area contributed by atoms with Crippen LogP contribution in [0.5, 0.6) is 0 Å². The molecule has 0 bridgehead atoms. The van der Waals surface area contributed by atoms with Gasteiger partial charge in [0.15, 0.2) is 0 Å². The third-order valence-electron chi connectivity index (χ3n) is 4.56. The number of halogens is 2. The normalized spacial score (nSPS) is 22.9. The zero-order chi connectivity index (χ0) is 13.5. The highest BCUT2D eigenvalue weighted by atomic mass is 35.5. The quantitative estimate of drug-likeness (QED) is 0.872. The summed E-state index contributed by atoms with van der Waals surface area (Å²) < 4.78 is 0. The molecule has 4 heteroatoms. The Labute approximate surface area is 124 Å². The summed E-state index contributed by atoms with van der Waals surface area (Å²) in [5.74, 6) is 0. The Hall–Kier alpha value is -0.280. The van der Waals surface area contributed by atoms with Crippen LogP contribution in [-0.4, -0.2) is 23.8 Å². The minimum Gasteiger partial charge on any atom is -0.391 e. The van der Waals surface area contributed by atoms with Crippen molar-refractivity contribution in [1.29, 1.82) is 0 Å². The molecule has 2 nitrogen and oxygen atoms in total. The van der Waals surface area contributed by atoms with Gasteiger partial charge in [0.25, 0.3) is 0 Å². The van der Waals surface area contributed by atoms with Crippen molar-refractivity contribution in [2.24, 2.45) is 0 Å². The van der Waals surface area contributed by atoms with Crippen LogP contribution in [0.25, 0.3) is 0 Å². The van der Waals surface area contributed by atoms with Gasteiger partial charge in [-0.05, 0) is 43.4 Å². The SMILES string of the molecule is OC(CNC1CC1)C1(c2ccc(Cl)c(Cl)c2)CCC1. The van der Waals surface area contributed by atoms with Crippen LogP contribution in [0.1, 0.15) is 37.7 Å². The van der Waals surface area contributed by atoms with Crippen molar-refractivity contribution in [3.8, 4) is 0 Å². The summed E-state index contributed by atoms with van der Waals surface area (Å²) in [6.45, 7) is 0.672. The van der Waals surface area contributed by atoms with Crippen LogP contribution in [0.4, 0.5) is 0 Å². The van der Waals surface area contributed by atoms with E-state index in [0.29, 0.717) is 22.6 Å². The van der Waals surface area contributed by atoms with Crippen molar-refractivity contribution in [2.45, 2.75) is 49.7 Å². The van der Waals surface area contributed by atoms with E-state index >= 15 is 0 Å². The van der Waals surface area contributed by atoms with Gasteiger partial charge in [-0.2, -0.15) is 0 Å². The molecule has 0 aliphatic heterocycles. The molecule has 0 aromatic heterocycles. The van der Waals surface area contributed by atoms with Gasteiger partial charge < -0.3 is 10.4 Å². The maximum Gasteiger partial charge on any atom is 0.0761 e. The van der Waals surface area contributed by atoms with Gasteiger partial charge in [0, 0.05) is 18.0 Å². The van der Waals surface area contributed by atoms with E-state index in [1.54, 1.807) is 0 Å². The minimum absolute atomic E-state index is 0.129. The van der Waals surface area contributed by atoms with E-state index < -0.39 is 0 Å². The topological polar surface area (TPSA) is 32.3 Å². The average Bonchev–Trinajstić information content (AvgIpc) is 3.13. The summed E-state index contributed by atoms with van der Waals surface area (Å²) in [4.78, 5) is 0. The molecule has 19 heavy (non-hydrogen) atoms. The highest BCUT2D eigenvalue weighted by Gasteiger charge is 2.45. The summed E-state index contributed by atoms with van der Waals surface area (Å²) in [5.41, 5.74) is 0.995. The van der Waals surface area contributed by atoms with Gasteiger partial charge in [0.2, 0.25) is 0 Å². The first-order chi connectivity index (χ1) is 9.12. The Kier molecular flexibility index (Phi) is 3.78. The predicted molar refractivity (Wildman–Crippen MR) is 79.0 cm³/mol. The molecule has 2 aliphatic rings. The molecule has 0 saturated heterocycles. The second-order valence-electron chi connectivity index (χ2n) is 5.84. The second-order valence-corrected chi connectivity index (χ2v) is 6.65. The van der Waals surface area contributed by atoms with Crippen LogP contribution in [0.15, 0.2) is 18.2 Å². The number of nitrogens with one attached hydrogen (secondary N) is 1. The maximum absolute atomic E-state index is 10.6. The molecule has 104 valence electrons. The lowest BCUT2D eigenvalue weighted by atomic mass is 9.61. The van der Waals surface area contributed by atoms with Gasteiger partial charge in [-0.3, -0.25) is 0 Å². The summed E-state index contributed by atoms with van der Waals surface area (Å²) in [7, 11) is 0. The van der Waals surface area contributed by atoms with Crippen molar-refractivity contribution in [3.63, 3.8) is 0 Å². The molecular formula is C15H19Cl2NO. The van der Waals surface area contributed by atoms with E-state index in [1.165, 1.54) is 19.3 Å². The highest BCUT2D eigenvalue weighted by Crippen LogP contribution is 2.47. The van der Waals surface area contributed by atoms with Crippen LogP contribution in [0, 0.1) is 0 Å². The van der Waals surface area contributed by atoms with Crippen molar-refractivity contribution in [2.75, 3.05) is 6.54 Å². The van der Waals surface area contributed by atoms with Gasteiger partial charge in [0.05, 0.1) is 16.1 Å². The minimum atomic E-state index is -0.348. The fourth-order valence-corrected chi connectivity index (χ4v) is 3.24. The van der Waals surface area contributed by atoms with Gasteiger partial charge >= 0.3 is 0 Å². The Morgan fingerprint density at radius 3 is 2.53 bits per heavy atom. The van der Waals surface area contributed by atoms with Crippen LogP contribution in [0.3, 0.4) is 0 Å². The van der Waals surface area contributed by atoms with Crippen molar-refractivity contribution < 1.29 is 5.11 Å². The fraction of sp³-hybridized carbons (Fsp3) is 0.600. The van der Waals surface area contributed by atoms with Crippen LogP contribution >= 0.6 is 23.2 Å². The van der Waals surface area contributed by atoms with Crippen molar-refractivity contribution in [3.05, 3.63) is 33.8 Å². The smallest absolute Gasteiger partial charge is 0.0761 e. The molecule has 0 radical (unpaired) electrons. The second kappa shape index (κ2) is 5.25. The Balaban J connectivity index is 1.78. The fourth-order valence-electron chi connectivity index (χ4n) is 2.94. The number of aliphatic hydroxyl groups excluding tert-OH is 1. The largest absolute Gasteiger partial charge is 0.391 e. The van der Waals surface area contributed by atoms with E-state index in [4.69, 9.17) is 23.2 Å². The summed E-state index contributed by atoms with van der Waals surface area (Å²) >= 11 is 12.1. The molecule has 2 fully saturated rings. The van der Waals surface area contributed by atoms with E-state index in [1.807, 2.05) is 18.2 Å². The number of aliphatic hydroxyl groups is 1. The molecule has 1 aromatic rings. The molecule has 1 atom stereocenters. The van der Waals surface area contributed by atoms with Gasteiger partial charge in [-0.25, -0.2) is 0 Å². The zero-order valence-corrected chi connectivity index (χ0v) is 12.3. The van der Waals surface area contributed by atoms with Crippen LogP contribution in [0.2, 0.25) is 10.0 Å². The number of rotatable bonds is 5. The molecule has 2 N–H and O–H groups in total. The number of benzene rings is 1. The van der Waals surface area contributed by atoms with Gasteiger partial charge in [-0.15, -0.1) is 0 Å². The van der Waals surface area contributed by atoms with Crippen molar-refractivity contribution >= 4 is 23.2 Å². The van der Waals surface area contributed by atoms with Gasteiger partial charge in [-0.1, -0.05) is 35.7 Å². The third kappa shape index (κ3) is 2.64. The monoisotopic (exact) mass is 299 g/mol. The Morgan fingerprint density at radius 1 is 1.26 bits per heavy atom. The first-order valence-corrected chi connectivity index (χ1v) is 7.74.